The number of nitrogens with zero attached hydrogens (tertiary/aromatic N) is 5. The Hall–Kier alpha value is -1.74. The lowest BCUT2D eigenvalue weighted by molar-refractivity contribution is -0.120. The SMILES string of the molecule is C[C@H]1C[C@H](C)CN(CCCNC(=O)CN(C)c2nnc(N3CCCC3=O)s2)C1. The molecule has 1 aromatic rings. The molecule has 28 heavy (non-hydrogen) atoms. The number of likely N-dealkylation sites (tertiary alicyclic amines) is 1. The van der Waals surface area contributed by atoms with Crippen LogP contribution in [-0.2, 0) is 9.59 Å². The summed E-state index contributed by atoms with van der Waals surface area (Å²) in [6.45, 7) is 9.63. The third-order valence-electron chi connectivity index (χ3n) is 5.33. The highest BCUT2D eigenvalue weighted by Gasteiger charge is 2.26. The van der Waals surface area contributed by atoms with E-state index in [4.69, 9.17) is 0 Å². The summed E-state index contributed by atoms with van der Waals surface area (Å²) in [6, 6.07) is 0. The van der Waals surface area contributed by atoms with E-state index in [1.165, 1.54) is 30.8 Å². The van der Waals surface area contributed by atoms with Crippen LogP contribution in [0.15, 0.2) is 0 Å². The summed E-state index contributed by atoms with van der Waals surface area (Å²) in [4.78, 5) is 30.0. The van der Waals surface area contributed by atoms with E-state index in [9.17, 15) is 9.59 Å². The van der Waals surface area contributed by atoms with Crippen molar-refractivity contribution in [1.82, 2.24) is 20.4 Å². The summed E-state index contributed by atoms with van der Waals surface area (Å²) in [5.41, 5.74) is 0. The van der Waals surface area contributed by atoms with Crippen molar-refractivity contribution in [3.05, 3.63) is 0 Å². The van der Waals surface area contributed by atoms with Crippen molar-refractivity contribution in [3.8, 4) is 0 Å². The first kappa shape index (κ1) is 21.0. The molecule has 2 aliphatic heterocycles. The third-order valence-corrected chi connectivity index (χ3v) is 6.39. The molecule has 156 valence electrons. The van der Waals surface area contributed by atoms with Gasteiger partial charge in [0.1, 0.15) is 0 Å². The highest BCUT2D eigenvalue weighted by atomic mass is 32.1. The standard InChI is InChI=1S/C19H32N6O2S/c1-14-10-15(2)12-24(11-14)8-5-7-20-16(26)13-23(3)18-21-22-19(28-18)25-9-4-6-17(25)27/h14-15H,4-13H2,1-3H3,(H,20,26)/t14-,15-/m0/s1. The van der Waals surface area contributed by atoms with Gasteiger partial charge in [0.15, 0.2) is 0 Å². The number of carbonyl (C=O) groups is 2. The van der Waals surface area contributed by atoms with Crippen molar-refractivity contribution < 1.29 is 9.59 Å². The summed E-state index contributed by atoms with van der Waals surface area (Å²) in [7, 11) is 1.83. The number of nitrogens with one attached hydrogen (secondary N) is 1. The number of carbonyl (C=O) groups excluding carboxylic acids is 2. The summed E-state index contributed by atoms with van der Waals surface area (Å²) in [5, 5.41) is 12.5. The molecule has 0 unspecified atom stereocenters. The molecule has 0 aromatic carbocycles. The van der Waals surface area contributed by atoms with E-state index in [0.29, 0.717) is 29.8 Å². The summed E-state index contributed by atoms with van der Waals surface area (Å²) >= 11 is 1.35. The molecule has 8 nitrogen and oxygen atoms in total. The molecule has 2 aliphatic rings. The van der Waals surface area contributed by atoms with Crippen LogP contribution in [0.5, 0.6) is 0 Å². The molecule has 0 radical (unpaired) electrons. The Labute approximate surface area is 171 Å². The first-order valence-electron chi connectivity index (χ1n) is 10.3. The highest BCUT2D eigenvalue weighted by Crippen LogP contribution is 2.29. The maximum Gasteiger partial charge on any atom is 0.239 e. The fraction of sp³-hybridized carbons (Fsp3) is 0.789. The molecule has 1 N–H and O–H groups in total. The zero-order valence-electron chi connectivity index (χ0n) is 17.2. The van der Waals surface area contributed by atoms with Crippen LogP contribution in [0, 0.1) is 11.8 Å². The third kappa shape index (κ3) is 5.64. The van der Waals surface area contributed by atoms with E-state index in [2.05, 4.69) is 34.3 Å². The second-order valence-electron chi connectivity index (χ2n) is 8.28. The Bertz CT molecular complexity index is 671. The molecule has 9 heteroatoms. The monoisotopic (exact) mass is 408 g/mol. The van der Waals surface area contributed by atoms with Gasteiger partial charge in [-0.3, -0.25) is 14.5 Å². The van der Waals surface area contributed by atoms with Gasteiger partial charge in [-0.25, -0.2) is 0 Å². The molecule has 3 rings (SSSR count). The van der Waals surface area contributed by atoms with Gasteiger partial charge in [-0.2, -0.15) is 0 Å². The average Bonchev–Trinajstić information content (AvgIpc) is 3.26. The van der Waals surface area contributed by atoms with Gasteiger partial charge in [-0.1, -0.05) is 25.2 Å². The second kappa shape index (κ2) is 9.65. The number of anilines is 2. The molecular formula is C19H32N6O2S. The zero-order chi connectivity index (χ0) is 20.1. The highest BCUT2D eigenvalue weighted by molar-refractivity contribution is 7.19. The van der Waals surface area contributed by atoms with Gasteiger partial charge in [0.25, 0.3) is 0 Å². The number of rotatable bonds is 8. The minimum Gasteiger partial charge on any atom is -0.355 e. The topological polar surface area (TPSA) is 81.7 Å². The quantitative estimate of drug-likeness (QED) is 0.658. The van der Waals surface area contributed by atoms with Gasteiger partial charge in [0.05, 0.1) is 6.54 Å². The van der Waals surface area contributed by atoms with Crippen molar-refractivity contribution in [2.45, 2.75) is 39.5 Å². The fourth-order valence-electron chi connectivity index (χ4n) is 4.17. The lowest BCUT2D eigenvalue weighted by atomic mass is 9.92. The first-order valence-corrected chi connectivity index (χ1v) is 11.1. The van der Waals surface area contributed by atoms with Crippen molar-refractivity contribution >= 4 is 33.4 Å². The van der Waals surface area contributed by atoms with E-state index in [1.807, 2.05) is 7.05 Å². The van der Waals surface area contributed by atoms with Gasteiger partial charge in [0, 0.05) is 39.6 Å². The zero-order valence-corrected chi connectivity index (χ0v) is 18.0. The minimum atomic E-state index is -0.0168. The molecule has 2 fully saturated rings. The van der Waals surface area contributed by atoms with Gasteiger partial charge < -0.3 is 15.1 Å². The van der Waals surface area contributed by atoms with E-state index in [1.54, 1.807) is 9.80 Å². The number of hydrogen-bond donors (Lipinski definition) is 1. The van der Waals surface area contributed by atoms with Crippen LogP contribution < -0.4 is 15.1 Å². The number of amides is 2. The summed E-state index contributed by atoms with van der Waals surface area (Å²) in [5.74, 6) is 1.61. The molecule has 0 aliphatic carbocycles. The van der Waals surface area contributed by atoms with Crippen molar-refractivity contribution in [3.63, 3.8) is 0 Å². The van der Waals surface area contributed by atoms with E-state index in [0.717, 1.165) is 31.2 Å². The van der Waals surface area contributed by atoms with Gasteiger partial charge in [0.2, 0.25) is 22.1 Å². The summed E-state index contributed by atoms with van der Waals surface area (Å²) in [6.07, 6.45) is 3.72. The van der Waals surface area contributed by atoms with Gasteiger partial charge in [-0.15, -0.1) is 10.2 Å². The smallest absolute Gasteiger partial charge is 0.239 e. The molecular weight excluding hydrogens is 376 g/mol. The molecule has 1 aromatic heterocycles. The lowest BCUT2D eigenvalue weighted by Crippen LogP contribution is -2.41. The fourth-order valence-corrected chi connectivity index (χ4v) is 5.02. The number of aromatic nitrogens is 2. The molecule has 0 saturated carbocycles. The predicted octanol–water partition coefficient (Wildman–Crippen LogP) is 1.59. The largest absolute Gasteiger partial charge is 0.355 e. The van der Waals surface area contributed by atoms with Crippen LogP contribution >= 0.6 is 11.3 Å². The second-order valence-corrected chi connectivity index (χ2v) is 9.22. The van der Waals surface area contributed by atoms with Crippen LogP contribution in [0.1, 0.15) is 39.5 Å². The minimum absolute atomic E-state index is 0.0168. The summed E-state index contributed by atoms with van der Waals surface area (Å²) < 4.78 is 0. The van der Waals surface area contributed by atoms with Gasteiger partial charge >= 0.3 is 0 Å². The van der Waals surface area contributed by atoms with Crippen molar-refractivity contribution in [2.24, 2.45) is 11.8 Å². The molecule has 0 bridgehead atoms. The normalized spacial score (nSPS) is 23.2. The van der Waals surface area contributed by atoms with E-state index < -0.39 is 0 Å². The Morgan fingerprint density at radius 3 is 2.71 bits per heavy atom. The Kier molecular flexibility index (Phi) is 7.23. The Morgan fingerprint density at radius 2 is 2.04 bits per heavy atom. The van der Waals surface area contributed by atoms with E-state index >= 15 is 0 Å². The molecule has 2 saturated heterocycles. The predicted molar refractivity (Wildman–Crippen MR) is 112 cm³/mol. The van der Waals surface area contributed by atoms with Gasteiger partial charge in [-0.05, 0) is 37.6 Å². The number of likely N-dealkylation sites (N-methyl/N-ethyl adjacent to an activating group) is 1. The van der Waals surface area contributed by atoms with Crippen LogP contribution in [0.3, 0.4) is 0 Å². The Balaban J connectivity index is 1.36. The van der Waals surface area contributed by atoms with Crippen LogP contribution in [0.2, 0.25) is 0 Å². The van der Waals surface area contributed by atoms with E-state index in [-0.39, 0.29) is 18.4 Å². The molecule has 3 heterocycles. The number of piperidine rings is 1. The molecule has 2 amide bonds. The van der Waals surface area contributed by atoms with Crippen molar-refractivity contribution in [1.29, 1.82) is 0 Å². The molecule has 0 spiro atoms. The van der Waals surface area contributed by atoms with Crippen molar-refractivity contribution in [2.75, 3.05) is 56.1 Å². The maximum absolute atomic E-state index is 12.2. The lowest BCUT2D eigenvalue weighted by Gasteiger charge is -2.34. The maximum atomic E-state index is 12.2. The van der Waals surface area contributed by atoms with Crippen LogP contribution in [-0.4, -0.2) is 73.2 Å². The van der Waals surface area contributed by atoms with Crippen LogP contribution in [0.4, 0.5) is 10.3 Å². The first-order chi connectivity index (χ1) is 13.4. The van der Waals surface area contributed by atoms with Crippen LogP contribution in [0.25, 0.3) is 0 Å². The average molecular weight is 409 g/mol. The Morgan fingerprint density at radius 1 is 1.29 bits per heavy atom. The number of hydrogen-bond acceptors (Lipinski definition) is 7. The molecule has 2 atom stereocenters.